The number of Topliss-reactive ketones (excluding diaryl/α,β-unsaturated/α-hetero) is 2. The Morgan fingerprint density at radius 1 is 0.958 bits per heavy atom. The Bertz CT molecular complexity index is 722. The van der Waals surface area contributed by atoms with Crippen molar-refractivity contribution in [2.24, 2.45) is 0 Å². The molecule has 0 aliphatic rings. The van der Waals surface area contributed by atoms with Gasteiger partial charge in [-0.2, -0.15) is 13.2 Å². The standard InChI is InChI=1S/C17H12ClF3O3/c18-13-5-1-11(2-6-13)10-24-14-7-3-12(4-8-14)15(22)9-16(23)17(19,20)21/h1-8H,9-10H2. The molecule has 0 saturated carbocycles. The molecule has 0 atom stereocenters. The fourth-order valence-electron chi connectivity index (χ4n) is 1.83. The summed E-state index contributed by atoms with van der Waals surface area (Å²) in [5, 5.41) is 0.606. The molecule has 2 aromatic rings. The van der Waals surface area contributed by atoms with Crippen LogP contribution in [-0.4, -0.2) is 17.7 Å². The summed E-state index contributed by atoms with van der Waals surface area (Å²) in [4.78, 5) is 22.5. The van der Waals surface area contributed by atoms with Crippen molar-refractivity contribution in [1.29, 1.82) is 0 Å². The van der Waals surface area contributed by atoms with Gasteiger partial charge in [0.25, 0.3) is 0 Å². The third-order valence-corrected chi connectivity index (χ3v) is 3.38. The molecule has 0 aromatic heterocycles. The molecular formula is C17H12ClF3O3. The Hall–Kier alpha value is -2.34. The largest absolute Gasteiger partial charge is 0.489 e. The lowest BCUT2D eigenvalue weighted by atomic mass is 10.1. The molecule has 0 heterocycles. The van der Waals surface area contributed by atoms with Crippen LogP contribution in [0.25, 0.3) is 0 Å². The minimum Gasteiger partial charge on any atom is -0.489 e. The number of hydrogen-bond donors (Lipinski definition) is 0. The van der Waals surface area contributed by atoms with Gasteiger partial charge in [0.05, 0.1) is 6.42 Å². The van der Waals surface area contributed by atoms with E-state index in [1.807, 2.05) is 0 Å². The predicted molar refractivity (Wildman–Crippen MR) is 82.2 cm³/mol. The number of hydrogen-bond acceptors (Lipinski definition) is 3. The summed E-state index contributed by atoms with van der Waals surface area (Å²) in [6, 6.07) is 12.6. The Labute approximate surface area is 141 Å². The molecule has 0 saturated heterocycles. The number of ether oxygens (including phenoxy) is 1. The highest BCUT2D eigenvalue weighted by Crippen LogP contribution is 2.20. The topological polar surface area (TPSA) is 43.4 Å². The van der Waals surface area contributed by atoms with Gasteiger partial charge < -0.3 is 4.74 Å². The van der Waals surface area contributed by atoms with Gasteiger partial charge in [0.2, 0.25) is 5.78 Å². The summed E-state index contributed by atoms with van der Waals surface area (Å²) in [5.74, 6) is -2.50. The van der Waals surface area contributed by atoms with Crippen molar-refractivity contribution >= 4 is 23.2 Å². The Morgan fingerprint density at radius 2 is 1.54 bits per heavy atom. The van der Waals surface area contributed by atoms with Gasteiger partial charge >= 0.3 is 6.18 Å². The van der Waals surface area contributed by atoms with Crippen molar-refractivity contribution in [1.82, 2.24) is 0 Å². The van der Waals surface area contributed by atoms with Crippen LogP contribution in [0.4, 0.5) is 13.2 Å². The molecule has 2 rings (SSSR count). The Kier molecular flexibility index (Phi) is 5.62. The van der Waals surface area contributed by atoms with Crippen LogP contribution in [0.5, 0.6) is 5.75 Å². The number of alkyl halides is 3. The monoisotopic (exact) mass is 356 g/mol. The van der Waals surface area contributed by atoms with Gasteiger partial charge in [-0.3, -0.25) is 9.59 Å². The van der Waals surface area contributed by atoms with E-state index in [2.05, 4.69) is 0 Å². The smallest absolute Gasteiger partial charge is 0.450 e. The highest BCUT2D eigenvalue weighted by atomic mass is 35.5. The summed E-state index contributed by atoms with van der Waals surface area (Å²) >= 11 is 5.77. The highest BCUT2D eigenvalue weighted by Gasteiger charge is 2.39. The molecular weight excluding hydrogens is 345 g/mol. The van der Waals surface area contributed by atoms with Crippen LogP contribution in [0.15, 0.2) is 48.5 Å². The van der Waals surface area contributed by atoms with Gasteiger partial charge in [0.1, 0.15) is 12.4 Å². The third-order valence-electron chi connectivity index (χ3n) is 3.13. The first kappa shape index (κ1) is 18.0. The molecule has 0 aliphatic heterocycles. The molecule has 3 nitrogen and oxygen atoms in total. The molecule has 0 unspecified atom stereocenters. The van der Waals surface area contributed by atoms with Gasteiger partial charge in [0.15, 0.2) is 5.78 Å². The molecule has 0 aliphatic carbocycles. The molecule has 0 bridgehead atoms. The van der Waals surface area contributed by atoms with E-state index in [9.17, 15) is 22.8 Å². The molecule has 0 amide bonds. The van der Waals surface area contributed by atoms with Crippen molar-refractivity contribution in [2.45, 2.75) is 19.2 Å². The van der Waals surface area contributed by atoms with Crippen LogP contribution in [0.1, 0.15) is 22.3 Å². The molecule has 0 radical (unpaired) electrons. The second-order valence-electron chi connectivity index (χ2n) is 4.96. The first-order valence-electron chi connectivity index (χ1n) is 6.86. The Balaban J connectivity index is 1.94. The normalized spacial score (nSPS) is 11.2. The minimum atomic E-state index is -5.00. The summed E-state index contributed by atoms with van der Waals surface area (Å²) in [7, 11) is 0. The summed E-state index contributed by atoms with van der Waals surface area (Å²) < 4.78 is 41.9. The average molecular weight is 357 g/mol. The van der Waals surface area contributed by atoms with E-state index in [4.69, 9.17) is 16.3 Å². The maximum atomic E-state index is 12.1. The molecule has 0 N–H and O–H groups in total. The molecule has 0 spiro atoms. The number of carbonyl (C=O) groups is 2. The lowest BCUT2D eigenvalue weighted by molar-refractivity contribution is -0.170. The maximum Gasteiger partial charge on any atom is 0.450 e. The molecule has 2 aromatic carbocycles. The SMILES string of the molecule is O=C(CC(=O)C(F)(F)F)c1ccc(OCc2ccc(Cl)cc2)cc1. The molecule has 0 fully saturated rings. The van der Waals surface area contributed by atoms with Crippen LogP contribution in [0.3, 0.4) is 0 Å². The zero-order valence-electron chi connectivity index (χ0n) is 12.3. The maximum absolute atomic E-state index is 12.1. The minimum absolute atomic E-state index is 0.0199. The molecule has 126 valence electrons. The summed E-state index contributed by atoms with van der Waals surface area (Å²) in [6.07, 6.45) is -6.20. The Morgan fingerprint density at radius 3 is 2.08 bits per heavy atom. The van der Waals surface area contributed by atoms with Crippen molar-refractivity contribution in [3.8, 4) is 5.75 Å². The third kappa shape index (κ3) is 5.09. The van der Waals surface area contributed by atoms with Gasteiger partial charge in [-0.1, -0.05) is 23.7 Å². The lowest BCUT2D eigenvalue weighted by Gasteiger charge is -2.08. The molecule has 7 heteroatoms. The van der Waals surface area contributed by atoms with Crippen LogP contribution in [0.2, 0.25) is 5.02 Å². The number of rotatable bonds is 6. The number of halogens is 4. The van der Waals surface area contributed by atoms with Crippen molar-refractivity contribution < 1.29 is 27.5 Å². The van der Waals surface area contributed by atoms with E-state index < -0.39 is 24.2 Å². The van der Waals surface area contributed by atoms with E-state index in [0.717, 1.165) is 5.56 Å². The summed E-state index contributed by atoms with van der Waals surface area (Å²) in [6.45, 7) is 0.275. The fourth-order valence-corrected chi connectivity index (χ4v) is 1.96. The van der Waals surface area contributed by atoms with Crippen LogP contribution < -0.4 is 4.74 Å². The first-order valence-corrected chi connectivity index (χ1v) is 7.24. The summed E-state index contributed by atoms with van der Waals surface area (Å²) in [5.41, 5.74) is 0.904. The van der Waals surface area contributed by atoms with E-state index >= 15 is 0 Å². The second kappa shape index (κ2) is 7.49. The van der Waals surface area contributed by atoms with Gasteiger partial charge in [0, 0.05) is 10.6 Å². The lowest BCUT2D eigenvalue weighted by Crippen LogP contribution is -2.25. The van der Waals surface area contributed by atoms with E-state index in [1.54, 1.807) is 24.3 Å². The van der Waals surface area contributed by atoms with Crippen LogP contribution >= 0.6 is 11.6 Å². The van der Waals surface area contributed by atoms with Crippen molar-refractivity contribution in [3.63, 3.8) is 0 Å². The van der Waals surface area contributed by atoms with Gasteiger partial charge in [-0.15, -0.1) is 0 Å². The first-order chi connectivity index (χ1) is 11.3. The molecule has 24 heavy (non-hydrogen) atoms. The predicted octanol–water partition coefficient (Wildman–Crippen LogP) is 4.62. The van der Waals surface area contributed by atoms with E-state index in [1.165, 1.54) is 24.3 Å². The zero-order valence-corrected chi connectivity index (χ0v) is 13.0. The van der Waals surface area contributed by atoms with Crippen molar-refractivity contribution in [3.05, 3.63) is 64.7 Å². The fraction of sp³-hybridized carbons (Fsp3) is 0.176. The highest BCUT2D eigenvalue weighted by molar-refractivity contribution is 6.30. The second-order valence-corrected chi connectivity index (χ2v) is 5.40. The van der Waals surface area contributed by atoms with E-state index in [0.29, 0.717) is 10.8 Å². The quantitative estimate of drug-likeness (QED) is 0.560. The average Bonchev–Trinajstić information content (AvgIpc) is 2.54. The van der Waals surface area contributed by atoms with Gasteiger partial charge in [-0.05, 0) is 42.0 Å². The van der Waals surface area contributed by atoms with Gasteiger partial charge in [-0.25, -0.2) is 0 Å². The zero-order chi connectivity index (χ0) is 17.7. The van der Waals surface area contributed by atoms with E-state index in [-0.39, 0.29) is 12.2 Å². The van der Waals surface area contributed by atoms with Crippen molar-refractivity contribution in [2.75, 3.05) is 0 Å². The number of benzene rings is 2. The number of carbonyl (C=O) groups excluding carboxylic acids is 2. The number of ketones is 2. The van der Waals surface area contributed by atoms with Crippen LogP contribution in [-0.2, 0) is 11.4 Å². The van der Waals surface area contributed by atoms with Crippen LogP contribution in [0, 0.1) is 0 Å².